The molecule has 0 aliphatic rings. The number of carbonyl (C=O) groups is 1. The standard InChI is InChI=1S/C17H17FN2O3S/c1-11(2)10-19-17(21)12-3-8-16(15(9-12)20(22)23)24-14-6-4-13(18)5-7-14/h3-9,11H,10H2,1-2H3,(H,19,21). The van der Waals surface area contributed by atoms with Crippen molar-refractivity contribution in [2.75, 3.05) is 6.54 Å². The van der Waals surface area contributed by atoms with Crippen molar-refractivity contribution >= 4 is 23.4 Å². The van der Waals surface area contributed by atoms with Crippen LogP contribution < -0.4 is 5.32 Å². The quantitative estimate of drug-likeness (QED) is 0.625. The van der Waals surface area contributed by atoms with Gasteiger partial charge in [-0.1, -0.05) is 25.6 Å². The number of carbonyl (C=O) groups excluding carboxylic acids is 1. The van der Waals surface area contributed by atoms with E-state index in [-0.39, 0.29) is 28.9 Å². The second-order valence-electron chi connectivity index (χ2n) is 5.60. The molecule has 0 aromatic heterocycles. The number of halogens is 1. The molecule has 0 saturated heterocycles. The van der Waals surface area contributed by atoms with E-state index in [0.717, 1.165) is 11.8 Å². The van der Waals surface area contributed by atoms with Crippen LogP contribution in [0.4, 0.5) is 10.1 Å². The summed E-state index contributed by atoms with van der Waals surface area (Å²) in [5, 5.41) is 14.0. The molecule has 0 atom stereocenters. The first-order valence-electron chi connectivity index (χ1n) is 7.37. The summed E-state index contributed by atoms with van der Waals surface area (Å²) in [4.78, 5) is 23.9. The van der Waals surface area contributed by atoms with Crippen LogP contribution >= 0.6 is 11.8 Å². The van der Waals surface area contributed by atoms with Gasteiger partial charge in [-0.3, -0.25) is 14.9 Å². The summed E-state index contributed by atoms with van der Waals surface area (Å²) in [5.74, 6) is -0.423. The molecule has 0 unspecified atom stereocenters. The lowest BCUT2D eigenvalue weighted by Crippen LogP contribution is -2.27. The van der Waals surface area contributed by atoms with E-state index < -0.39 is 4.92 Å². The molecule has 1 N–H and O–H groups in total. The van der Waals surface area contributed by atoms with Gasteiger partial charge in [0.1, 0.15) is 5.82 Å². The predicted molar refractivity (Wildman–Crippen MR) is 90.8 cm³/mol. The van der Waals surface area contributed by atoms with E-state index in [4.69, 9.17) is 0 Å². The maximum atomic E-state index is 12.9. The summed E-state index contributed by atoms with van der Waals surface area (Å²) >= 11 is 1.15. The van der Waals surface area contributed by atoms with Gasteiger partial charge in [0, 0.05) is 23.1 Å². The van der Waals surface area contributed by atoms with Crippen LogP contribution in [0.5, 0.6) is 0 Å². The molecule has 2 aromatic rings. The lowest BCUT2D eigenvalue weighted by Gasteiger charge is -2.09. The summed E-state index contributed by atoms with van der Waals surface area (Å²) in [6.07, 6.45) is 0. The first kappa shape index (κ1) is 17.9. The highest BCUT2D eigenvalue weighted by Gasteiger charge is 2.18. The van der Waals surface area contributed by atoms with Crippen LogP contribution in [0, 0.1) is 21.8 Å². The smallest absolute Gasteiger partial charge is 0.284 e. The third kappa shape index (κ3) is 4.79. The van der Waals surface area contributed by atoms with Gasteiger partial charge in [-0.25, -0.2) is 4.39 Å². The van der Waals surface area contributed by atoms with Crippen molar-refractivity contribution in [1.82, 2.24) is 5.32 Å². The molecule has 0 aliphatic carbocycles. The van der Waals surface area contributed by atoms with Gasteiger partial charge in [0.2, 0.25) is 0 Å². The molecule has 2 rings (SSSR count). The molecule has 7 heteroatoms. The number of amides is 1. The van der Waals surface area contributed by atoms with E-state index in [0.29, 0.717) is 16.3 Å². The zero-order valence-electron chi connectivity index (χ0n) is 13.3. The Bertz CT molecular complexity index is 748. The monoisotopic (exact) mass is 348 g/mol. The van der Waals surface area contributed by atoms with Crippen molar-refractivity contribution in [3.05, 3.63) is 64.0 Å². The topological polar surface area (TPSA) is 72.2 Å². The van der Waals surface area contributed by atoms with Gasteiger partial charge in [-0.2, -0.15) is 0 Å². The van der Waals surface area contributed by atoms with Gasteiger partial charge in [0.25, 0.3) is 11.6 Å². The first-order valence-corrected chi connectivity index (χ1v) is 8.18. The molecule has 5 nitrogen and oxygen atoms in total. The van der Waals surface area contributed by atoms with E-state index in [2.05, 4.69) is 5.32 Å². The van der Waals surface area contributed by atoms with Crippen LogP contribution in [0.2, 0.25) is 0 Å². The Labute approximate surface area is 143 Å². The normalized spacial score (nSPS) is 10.7. The number of nitrogens with zero attached hydrogens (tertiary/aromatic N) is 1. The molecule has 0 saturated carbocycles. The number of hydrogen-bond acceptors (Lipinski definition) is 4. The van der Waals surface area contributed by atoms with Crippen LogP contribution in [0.3, 0.4) is 0 Å². The molecule has 0 aliphatic heterocycles. The summed E-state index contributed by atoms with van der Waals surface area (Å²) in [6, 6.07) is 10.0. The fourth-order valence-electron chi connectivity index (χ4n) is 1.92. The molecule has 0 bridgehead atoms. The van der Waals surface area contributed by atoms with E-state index in [9.17, 15) is 19.3 Å². The van der Waals surface area contributed by atoms with Crippen molar-refractivity contribution in [2.45, 2.75) is 23.6 Å². The van der Waals surface area contributed by atoms with Crippen LogP contribution in [-0.2, 0) is 0 Å². The maximum absolute atomic E-state index is 12.9. The minimum Gasteiger partial charge on any atom is -0.352 e. The summed E-state index contributed by atoms with van der Waals surface area (Å²) < 4.78 is 12.9. The van der Waals surface area contributed by atoms with Crippen molar-refractivity contribution in [1.29, 1.82) is 0 Å². The Hall–Kier alpha value is -2.41. The molecule has 2 aromatic carbocycles. The number of nitro benzene ring substituents is 1. The van der Waals surface area contributed by atoms with E-state index in [1.165, 1.54) is 24.3 Å². The van der Waals surface area contributed by atoms with E-state index in [1.807, 2.05) is 13.8 Å². The highest BCUT2D eigenvalue weighted by atomic mass is 32.2. The van der Waals surface area contributed by atoms with Gasteiger partial charge < -0.3 is 5.32 Å². The van der Waals surface area contributed by atoms with Gasteiger partial charge in [-0.05, 0) is 42.3 Å². The van der Waals surface area contributed by atoms with Crippen LogP contribution in [0.15, 0.2) is 52.3 Å². The zero-order valence-corrected chi connectivity index (χ0v) is 14.1. The second-order valence-corrected chi connectivity index (χ2v) is 6.71. The lowest BCUT2D eigenvalue weighted by atomic mass is 10.1. The summed E-state index contributed by atoms with van der Waals surface area (Å²) in [7, 11) is 0. The molecule has 0 spiro atoms. The molecule has 24 heavy (non-hydrogen) atoms. The molecule has 0 heterocycles. The average molecular weight is 348 g/mol. The van der Waals surface area contributed by atoms with Crippen molar-refractivity contribution in [3.63, 3.8) is 0 Å². The van der Waals surface area contributed by atoms with Crippen molar-refractivity contribution in [3.8, 4) is 0 Å². The Morgan fingerprint density at radius 2 is 1.92 bits per heavy atom. The van der Waals surface area contributed by atoms with E-state index in [1.54, 1.807) is 18.2 Å². The Morgan fingerprint density at radius 3 is 2.50 bits per heavy atom. The summed E-state index contributed by atoms with van der Waals surface area (Å²) in [6.45, 7) is 4.43. The second kappa shape index (κ2) is 7.92. The number of benzene rings is 2. The summed E-state index contributed by atoms with van der Waals surface area (Å²) in [5.41, 5.74) is 0.0901. The van der Waals surface area contributed by atoms with Gasteiger partial charge in [0.15, 0.2) is 0 Å². The third-order valence-corrected chi connectivity index (χ3v) is 4.20. The van der Waals surface area contributed by atoms with Gasteiger partial charge in [0.05, 0.1) is 9.82 Å². The predicted octanol–water partition coefficient (Wildman–Crippen LogP) is 4.27. The highest BCUT2D eigenvalue weighted by molar-refractivity contribution is 7.99. The maximum Gasteiger partial charge on any atom is 0.284 e. The largest absolute Gasteiger partial charge is 0.352 e. The molecule has 0 radical (unpaired) electrons. The molecule has 0 fully saturated rings. The number of nitro groups is 1. The average Bonchev–Trinajstić information content (AvgIpc) is 2.54. The van der Waals surface area contributed by atoms with E-state index >= 15 is 0 Å². The van der Waals surface area contributed by atoms with Gasteiger partial charge >= 0.3 is 0 Å². The fraction of sp³-hybridized carbons (Fsp3) is 0.235. The van der Waals surface area contributed by atoms with Crippen LogP contribution in [0.25, 0.3) is 0 Å². The van der Waals surface area contributed by atoms with Gasteiger partial charge in [-0.15, -0.1) is 0 Å². The minimum atomic E-state index is -0.523. The number of rotatable bonds is 6. The highest BCUT2D eigenvalue weighted by Crippen LogP contribution is 2.35. The lowest BCUT2D eigenvalue weighted by molar-refractivity contribution is -0.387. The van der Waals surface area contributed by atoms with Crippen LogP contribution in [-0.4, -0.2) is 17.4 Å². The van der Waals surface area contributed by atoms with Crippen molar-refractivity contribution < 1.29 is 14.1 Å². The molecular formula is C17H17FN2O3S. The Morgan fingerprint density at radius 1 is 1.25 bits per heavy atom. The fourth-order valence-corrected chi connectivity index (χ4v) is 2.82. The minimum absolute atomic E-state index is 0.151. The Balaban J connectivity index is 2.24. The van der Waals surface area contributed by atoms with Crippen LogP contribution in [0.1, 0.15) is 24.2 Å². The Kier molecular flexibility index (Phi) is 5.92. The molecular weight excluding hydrogens is 331 g/mol. The first-order chi connectivity index (χ1) is 11.4. The molecule has 1 amide bonds. The third-order valence-electron chi connectivity index (χ3n) is 3.13. The number of hydrogen-bond donors (Lipinski definition) is 1. The SMILES string of the molecule is CC(C)CNC(=O)c1ccc(Sc2ccc(F)cc2)c([N+](=O)[O-])c1. The van der Waals surface area contributed by atoms with Crippen molar-refractivity contribution in [2.24, 2.45) is 5.92 Å². The zero-order chi connectivity index (χ0) is 17.7. The number of nitrogens with one attached hydrogen (secondary N) is 1. The molecule has 126 valence electrons.